The van der Waals surface area contributed by atoms with Gasteiger partial charge in [-0.3, -0.25) is 0 Å². The summed E-state index contributed by atoms with van der Waals surface area (Å²) in [7, 11) is 0. The average molecular weight is 470 g/mol. The molecule has 0 fully saturated rings. The van der Waals surface area contributed by atoms with Gasteiger partial charge >= 0.3 is 184 Å². The summed E-state index contributed by atoms with van der Waals surface area (Å²) in [6.45, 7) is 0. The van der Waals surface area contributed by atoms with Crippen LogP contribution < -0.4 is 13.1 Å². The standard InChI is InChI=1S/C26H21AsNO3/c29-26(21-16-18-25(19-17-21)28(30)31)20-27(22-10-4-1-5-11-22,23-12-6-2-7-13-23)24-14-8-3-9-15-24/h1-19H,20H2/q+1. The fourth-order valence-corrected chi connectivity index (χ4v) is 12.4. The van der Waals surface area contributed by atoms with Crippen molar-refractivity contribution in [3.8, 4) is 0 Å². The molecule has 0 amide bonds. The number of rotatable bonds is 7. The van der Waals surface area contributed by atoms with E-state index in [9.17, 15) is 14.9 Å². The molecule has 5 heteroatoms. The van der Waals surface area contributed by atoms with E-state index >= 15 is 0 Å². The molecule has 31 heavy (non-hydrogen) atoms. The molecule has 0 atom stereocenters. The summed E-state index contributed by atoms with van der Waals surface area (Å²) >= 11 is -3.16. The van der Waals surface area contributed by atoms with E-state index in [4.69, 9.17) is 0 Å². The Morgan fingerprint density at radius 2 is 1.03 bits per heavy atom. The van der Waals surface area contributed by atoms with Crippen LogP contribution in [0.2, 0.25) is 5.21 Å². The Bertz CT molecular complexity index is 1080. The van der Waals surface area contributed by atoms with Gasteiger partial charge in [0.15, 0.2) is 0 Å². The molecule has 0 saturated carbocycles. The zero-order valence-corrected chi connectivity index (χ0v) is 18.7. The van der Waals surface area contributed by atoms with Gasteiger partial charge in [0.2, 0.25) is 0 Å². The van der Waals surface area contributed by atoms with E-state index in [1.165, 1.54) is 25.2 Å². The van der Waals surface area contributed by atoms with Crippen LogP contribution in [0.5, 0.6) is 0 Å². The number of benzene rings is 4. The number of carbonyl (C=O) groups is 1. The van der Waals surface area contributed by atoms with Crippen LogP contribution in [0.3, 0.4) is 0 Å². The molecule has 0 radical (unpaired) electrons. The zero-order valence-electron chi connectivity index (χ0n) is 16.8. The molecule has 0 spiro atoms. The number of nitro groups is 1. The van der Waals surface area contributed by atoms with Crippen LogP contribution in [-0.2, 0) is 0 Å². The van der Waals surface area contributed by atoms with Crippen molar-refractivity contribution in [1.82, 2.24) is 0 Å². The van der Waals surface area contributed by atoms with E-state index in [0.717, 1.165) is 0 Å². The van der Waals surface area contributed by atoms with Gasteiger partial charge in [-0.15, -0.1) is 0 Å². The van der Waals surface area contributed by atoms with Gasteiger partial charge in [-0.05, 0) is 0 Å². The van der Waals surface area contributed by atoms with E-state index in [0.29, 0.717) is 10.8 Å². The van der Waals surface area contributed by atoms with Crippen LogP contribution >= 0.6 is 0 Å². The molecular weight excluding hydrogens is 449 g/mol. The first kappa shape index (κ1) is 20.8. The number of Topliss-reactive ketones (excluding diaryl/α,β-unsaturated/α-hetero) is 1. The summed E-state index contributed by atoms with van der Waals surface area (Å²) < 4.78 is 3.56. The Balaban J connectivity index is 1.88. The molecule has 4 aromatic rings. The second-order valence-electron chi connectivity index (χ2n) is 7.20. The summed E-state index contributed by atoms with van der Waals surface area (Å²) in [6.07, 6.45) is 0. The van der Waals surface area contributed by atoms with Crippen molar-refractivity contribution in [1.29, 1.82) is 0 Å². The quantitative estimate of drug-likeness (QED) is 0.178. The van der Waals surface area contributed by atoms with E-state index < -0.39 is 18.5 Å². The molecule has 152 valence electrons. The fraction of sp³-hybridized carbons (Fsp3) is 0.0385. The predicted molar refractivity (Wildman–Crippen MR) is 126 cm³/mol. The fourth-order valence-electron chi connectivity index (χ4n) is 3.84. The first-order chi connectivity index (χ1) is 15.1. The number of carbonyl (C=O) groups excluding carboxylic acids is 1. The second kappa shape index (κ2) is 9.11. The Labute approximate surface area is 183 Å². The third kappa shape index (κ3) is 4.21. The van der Waals surface area contributed by atoms with Gasteiger partial charge in [-0.25, -0.2) is 0 Å². The van der Waals surface area contributed by atoms with Crippen LogP contribution in [0.4, 0.5) is 5.69 Å². The van der Waals surface area contributed by atoms with Gasteiger partial charge in [0.25, 0.3) is 0 Å². The third-order valence-electron chi connectivity index (χ3n) is 5.37. The van der Waals surface area contributed by atoms with Gasteiger partial charge in [0, 0.05) is 0 Å². The summed E-state index contributed by atoms with van der Waals surface area (Å²) in [5, 5.41) is 11.4. The molecule has 0 unspecified atom stereocenters. The number of hydrogen-bond donors (Lipinski definition) is 0. The number of nitro benzene ring substituents is 1. The molecule has 4 rings (SSSR count). The van der Waals surface area contributed by atoms with Crippen molar-refractivity contribution < 1.29 is 9.72 Å². The summed E-state index contributed by atoms with van der Waals surface area (Å²) in [6, 6.07) is 36.7. The van der Waals surface area contributed by atoms with Gasteiger partial charge in [0.05, 0.1) is 0 Å². The molecule has 0 aliphatic heterocycles. The molecular formula is C26H21AsNO3+. The second-order valence-corrected chi connectivity index (χ2v) is 14.5. The maximum absolute atomic E-state index is 13.5. The van der Waals surface area contributed by atoms with Gasteiger partial charge in [-0.2, -0.15) is 0 Å². The van der Waals surface area contributed by atoms with E-state index in [1.807, 2.05) is 54.6 Å². The van der Waals surface area contributed by atoms with E-state index in [2.05, 4.69) is 36.4 Å². The predicted octanol–water partition coefficient (Wildman–Crippen LogP) is 3.95. The third-order valence-corrected chi connectivity index (χ3v) is 14.4. The molecule has 4 nitrogen and oxygen atoms in total. The molecule has 0 aliphatic carbocycles. The summed E-state index contributed by atoms with van der Waals surface area (Å²) in [4.78, 5) is 24.1. The van der Waals surface area contributed by atoms with Crippen molar-refractivity contribution >= 4 is 38.1 Å². The number of nitrogens with zero attached hydrogens (tertiary/aromatic N) is 1. The molecule has 0 bridgehead atoms. The number of hydrogen-bond acceptors (Lipinski definition) is 3. The number of ketones is 1. The summed E-state index contributed by atoms with van der Waals surface area (Å²) in [5.74, 6) is -0.000966. The molecule has 0 heterocycles. The van der Waals surface area contributed by atoms with Gasteiger partial charge in [-0.1, -0.05) is 0 Å². The molecule has 0 N–H and O–H groups in total. The normalized spacial score (nSPS) is 11.1. The van der Waals surface area contributed by atoms with E-state index in [1.54, 1.807) is 12.1 Å². The van der Waals surface area contributed by atoms with E-state index in [-0.39, 0.29) is 11.5 Å². The minimum atomic E-state index is -3.16. The van der Waals surface area contributed by atoms with Crippen molar-refractivity contribution in [2.75, 3.05) is 0 Å². The minimum absolute atomic E-state index is 0.000966. The van der Waals surface area contributed by atoms with Crippen LogP contribution in [0, 0.1) is 10.1 Å². The van der Waals surface area contributed by atoms with Crippen LogP contribution in [0.25, 0.3) is 0 Å². The molecule has 0 aliphatic rings. The first-order valence-corrected chi connectivity index (χ1v) is 14.1. The number of non-ortho nitro benzene ring substituents is 1. The average Bonchev–Trinajstić information content (AvgIpc) is 2.84. The molecule has 4 aromatic carbocycles. The van der Waals surface area contributed by atoms with Crippen molar-refractivity contribution in [3.05, 3.63) is 131 Å². The Hall–Kier alpha value is -3.49. The van der Waals surface area contributed by atoms with Crippen molar-refractivity contribution in [2.24, 2.45) is 0 Å². The van der Waals surface area contributed by atoms with Crippen LogP contribution in [0.1, 0.15) is 10.4 Å². The Morgan fingerprint density at radius 3 is 1.39 bits per heavy atom. The molecule has 0 saturated heterocycles. The zero-order chi connectivity index (χ0) is 21.7. The molecule has 0 aromatic heterocycles. The van der Waals surface area contributed by atoms with Crippen molar-refractivity contribution in [2.45, 2.75) is 5.21 Å². The first-order valence-electron chi connectivity index (χ1n) is 9.94. The van der Waals surface area contributed by atoms with Crippen molar-refractivity contribution in [3.63, 3.8) is 0 Å². The monoisotopic (exact) mass is 470 g/mol. The Kier molecular flexibility index (Phi) is 6.10. The SMILES string of the molecule is O=C(C[As+](c1ccccc1)(c1ccccc1)c1ccccc1)c1ccc([N+](=O)[O-])cc1. The maximum atomic E-state index is 13.5. The summed E-state index contributed by atoms with van der Waals surface area (Å²) in [5.41, 5.74) is 0.483. The van der Waals surface area contributed by atoms with Crippen LogP contribution in [0.15, 0.2) is 115 Å². The van der Waals surface area contributed by atoms with Crippen LogP contribution in [-0.4, -0.2) is 24.3 Å². The van der Waals surface area contributed by atoms with Gasteiger partial charge in [0.1, 0.15) is 0 Å². The van der Waals surface area contributed by atoms with Gasteiger partial charge < -0.3 is 0 Å². The topological polar surface area (TPSA) is 60.2 Å². The Morgan fingerprint density at radius 1 is 0.645 bits per heavy atom.